The molecular weight excluding hydrogens is 392 g/mol. The number of carbonyl (C=O) groups excluding carboxylic acids is 1. The number of esters is 1. The molecule has 3 aromatic rings. The lowest BCUT2D eigenvalue weighted by atomic mass is 9.54. The number of ether oxygens (including phenoxy) is 1. The van der Waals surface area contributed by atoms with Crippen LogP contribution in [0.1, 0.15) is 28.7 Å². The van der Waals surface area contributed by atoms with Crippen LogP contribution in [0.2, 0.25) is 5.02 Å². The maximum Gasteiger partial charge on any atom is 0.318 e. The van der Waals surface area contributed by atoms with E-state index < -0.39 is 23.1 Å². The van der Waals surface area contributed by atoms with Gasteiger partial charge in [-0.25, -0.2) is 0 Å². The maximum atomic E-state index is 13.1. The Morgan fingerprint density at radius 2 is 1.59 bits per heavy atom. The van der Waals surface area contributed by atoms with E-state index >= 15 is 0 Å². The number of rotatable bonds is 2. The molecule has 0 aliphatic heterocycles. The van der Waals surface area contributed by atoms with Gasteiger partial charge in [-0.3, -0.25) is 4.79 Å². The van der Waals surface area contributed by atoms with E-state index in [4.69, 9.17) is 16.3 Å². The summed E-state index contributed by atoms with van der Waals surface area (Å²) in [6, 6.07) is 17.9. The van der Waals surface area contributed by atoms with E-state index in [0.29, 0.717) is 22.3 Å². The highest BCUT2D eigenvalue weighted by atomic mass is 35.5. The standard InChI is InChI=1S/C23H17ClO5/c24-19-7-3-4-8-20(19)29-21(26)18-12-22(27)14-5-1-2-6-15(14)23(18,28)16-10-9-13(25)11-17(16)22/h1-11,18,25,27-28H,12H2. The number of aromatic hydroxyl groups is 1. The first-order valence-corrected chi connectivity index (χ1v) is 9.58. The van der Waals surface area contributed by atoms with Crippen LogP contribution in [0.15, 0.2) is 66.7 Å². The third-order valence-electron chi connectivity index (χ3n) is 5.98. The summed E-state index contributed by atoms with van der Waals surface area (Å²) in [6.45, 7) is 0. The summed E-state index contributed by atoms with van der Waals surface area (Å²) >= 11 is 6.11. The highest BCUT2D eigenvalue weighted by molar-refractivity contribution is 6.32. The van der Waals surface area contributed by atoms with Gasteiger partial charge < -0.3 is 20.1 Å². The molecular formula is C23H17ClO5. The highest BCUT2D eigenvalue weighted by Crippen LogP contribution is 2.60. The molecule has 6 heteroatoms. The minimum Gasteiger partial charge on any atom is -0.508 e. The Hall–Kier alpha value is -2.86. The number of phenols is 1. The summed E-state index contributed by atoms with van der Waals surface area (Å²) in [7, 11) is 0. The van der Waals surface area contributed by atoms with E-state index in [0.717, 1.165) is 0 Å². The lowest BCUT2D eigenvalue weighted by Crippen LogP contribution is -2.57. The summed E-state index contributed by atoms with van der Waals surface area (Å²) in [5.74, 6) is -1.58. The van der Waals surface area contributed by atoms with E-state index in [9.17, 15) is 20.1 Å². The van der Waals surface area contributed by atoms with Crippen LogP contribution in [-0.4, -0.2) is 21.3 Å². The van der Waals surface area contributed by atoms with Gasteiger partial charge in [0, 0.05) is 6.42 Å². The normalized spacial score (nSPS) is 26.5. The van der Waals surface area contributed by atoms with Crippen molar-refractivity contribution < 1.29 is 24.9 Å². The van der Waals surface area contributed by atoms with Crippen LogP contribution >= 0.6 is 11.6 Å². The number of para-hydroxylation sites is 1. The van der Waals surface area contributed by atoms with Crippen molar-refractivity contribution >= 4 is 17.6 Å². The van der Waals surface area contributed by atoms with E-state index in [1.807, 2.05) is 0 Å². The molecule has 3 aliphatic rings. The summed E-state index contributed by atoms with van der Waals surface area (Å²) in [6.07, 6.45) is -0.0831. The average molecular weight is 409 g/mol. The quantitative estimate of drug-likeness (QED) is 0.446. The van der Waals surface area contributed by atoms with Crippen LogP contribution in [0.4, 0.5) is 0 Å². The zero-order valence-electron chi connectivity index (χ0n) is 15.2. The Bertz CT molecular complexity index is 1160. The second-order valence-corrected chi connectivity index (χ2v) is 7.92. The Morgan fingerprint density at radius 1 is 0.931 bits per heavy atom. The van der Waals surface area contributed by atoms with Crippen molar-refractivity contribution in [2.75, 3.05) is 0 Å². The Balaban J connectivity index is 1.68. The SMILES string of the molecule is O=C(Oc1ccccc1Cl)C1CC2(O)c3ccccc3C1(O)c1ccc(O)cc12. The third-order valence-corrected chi connectivity index (χ3v) is 6.29. The van der Waals surface area contributed by atoms with Gasteiger partial charge in [0.25, 0.3) is 0 Å². The topological polar surface area (TPSA) is 87.0 Å². The van der Waals surface area contributed by atoms with Crippen molar-refractivity contribution in [2.24, 2.45) is 5.92 Å². The molecule has 0 saturated carbocycles. The van der Waals surface area contributed by atoms with Crippen LogP contribution in [-0.2, 0) is 16.0 Å². The van der Waals surface area contributed by atoms with Crippen LogP contribution in [0, 0.1) is 5.92 Å². The molecule has 5 nitrogen and oxygen atoms in total. The number of halogens is 1. The largest absolute Gasteiger partial charge is 0.508 e. The number of benzene rings is 3. The number of fused-ring (bicyclic) bond motifs is 1. The Morgan fingerprint density at radius 3 is 2.34 bits per heavy atom. The summed E-state index contributed by atoms with van der Waals surface area (Å²) in [5.41, 5.74) is -1.51. The first kappa shape index (κ1) is 18.2. The molecule has 3 aromatic carbocycles. The molecule has 0 heterocycles. The molecule has 0 saturated heterocycles. The van der Waals surface area contributed by atoms with Gasteiger partial charge in [0.15, 0.2) is 0 Å². The predicted molar refractivity (Wildman–Crippen MR) is 106 cm³/mol. The van der Waals surface area contributed by atoms with Gasteiger partial charge in [-0.15, -0.1) is 0 Å². The lowest BCUT2D eigenvalue weighted by Gasteiger charge is -2.53. The molecule has 6 rings (SSSR count). The van der Waals surface area contributed by atoms with Gasteiger partial charge in [0.05, 0.1) is 10.9 Å². The number of phenolic OH excluding ortho intramolecular Hbond substituents is 1. The minimum atomic E-state index is -1.71. The van der Waals surface area contributed by atoms with Crippen molar-refractivity contribution in [2.45, 2.75) is 17.6 Å². The molecule has 0 spiro atoms. The van der Waals surface area contributed by atoms with Gasteiger partial charge in [-0.05, 0) is 46.5 Å². The van der Waals surface area contributed by atoms with Crippen molar-refractivity contribution in [1.29, 1.82) is 0 Å². The van der Waals surface area contributed by atoms with Crippen LogP contribution in [0.25, 0.3) is 0 Å². The number of hydrogen-bond donors (Lipinski definition) is 3. The van der Waals surface area contributed by atoms with Crippen LogP contribution in [0.5, 0.6) is 11.5 Å². The maximum absolute atomic E-state index is 13.1. The van der Waals surface area contributed by atoms with Crippen molar-refractivity contribution in [3.05, 3.63) is 94.0 Å². The van der Waals surface area contributed by atoms with Gasteiger partial charge in [0.1, 0.15) is 22.7 Å². The number of hydrogen-bond acceptors (Lipinski definition) is 5. The molecule has 0 radical (unpaired) electrons. The van der Waals surface area contributed by atoms with E-state index in [1.54, 1.807) is 54.6 Å². The van der Waals surface area contributed by atoms with Gasteiger partial charge in [-0.1, -0.05) is 54.1 Å². The minimum absolute atomic E-state index is 0.0269. The van der Waals surface area contributed by atoms with Crippen LogP contribution < -0.4 is 4.74 Å². The fourth-order valence-corrected chi connectivity index (χ4v) is 4.85. The van der Waals surface area contributed by atoms with Crippen LogP contribution in [0.3, 0.4) is 0 Å². The monoisotopic (exact) mass is 408 g/mol. The first-order chi connectivity index (χ1) is 13.9. The predicted octanol–water partition coefficient (Wildman–Crippen LogP) is 3.46. The molecule has 0 aromatic heterocycles. The molecule has 3 atom stereocenters. The van der Waals surface area contributed by atoms with E-state index in [1.165, 1.54) is 12.1 Å². The smallest absolute Gasteiger partial charge is 0.318 e. The zero-order chi connectivity index (χ0) is 20.4. The number of aliphatic hydroxyl groups is 2. The van der Waals surface area contributed by atoms with Gasteiger partial charge in [-0.2, -0.15) is 0 Å². The molecule has 3 unspecified atom stereocenters. The summed E-state index contributed by atoms with van der Waals surface area (Å²) in [5, 5.41) is 33.8. The molecule has 2 bridgehead atoms. The summed E-state index contributed by atoms with van der Waals surface area (Å²) in [4.78, 5) is 13.1. The third kappa shape index (κ3) is 2.38. The Kier molecular flexibility index (Phi) is 3.80. The second-order valence-electron chi connectivity index (χ2n) is 7.51. The zero-order valence-corrected chi connectivity index (χ0v) is 15.9. The van der Waals surface area contributed by atoms with E-state index in [-0.39, 0.29) is 22.9 Å². The van der Waals surface area contributed by atoms with Crippen molar-refractivity contribution in [3.8, 4) is 11.5 Å². The molecule has 0 amide bonds. The molecule has 3 N–H and O–H groups in total. The fourth-order valence-electron chi connectivity index (χ4n) is 4.67. The molecule has 0 fully saturated rings. The number of carbonyl (C=O) groups is 1. The molecule has 3 aliphatic carbocycles. The van der Waals surface area contributed by atoms with E-state index in [2.05, 4.69) is 0 Å². The van der Waals surface area contributed by atoms with Crippen molar-refractivity contribution in [3.63, 3.8) is 0 Å². The second kappa shape index (κ2) is 6.07. The molecule has 146 valence electrons. The average Bonchev–Trinajstić information content (AvgIpc) is 2.71. The highest BCUT2D eigenvalue weighted by Gasteiger charge is 2.62. The Labute approximate surface area is 171 Å². The first-order valence-electron chi connectivity index (χ1n) is 9.20. The summed E-state index contributed by atoms with van der Waals surface area (Å²) < 4.78 is 5.51. The fraction of sp³-hybridized carbons (Fsp3) is 0.174. The van der Waals surface area contributed by atoms with Gasteiger partial charge >= 0.3 is 5.97 Å². The van der Waals surface area contributed by atoms with Gasteiger partial charge in [0.2, 0.25) is 0 Å². The molecule has 29 heavy (non-hydrogen) atoms. The lowest BCUT2D eigenvalue weighted by molar-refractivity contribution is -0.157. The van der Waals surface area contributed by atoms with Crippen molar-refractivity contribution in [1.82, 2.24) is 0 Å².